The number of hydrogen-bond acceptors (Lipinski definition) is 3. The Morgan fingerprint density at radius 3 is 2.44 bits per heavy atom. The number of imidazole rings is 1. The van der Waals surface area contributed by atoms with Gasteiger partial charge in [-0.15, -0.1) is 0 Å². The van der Waals surface area contributed by atoms with Gasteiger partial charge in [0.1, 0.15) is 5.65 Å². The molecule has 0 fully saturated rings. The Balaban J connectivity index is 1.90. The lowest BCUT2D eigenvalue weighted by Crippen LogP contribution is -1.97. The van der Waals surface area contributed by atoms with E-state index in [9.17, 15) is 0 Å². The highest BCUT2D eigenvalue weighted by Crippen LogP contribution is 2.34. The molecule has 0 aliphatic carbocycles. The summed E-state index contributed by atoms with van der Waals surface area (Å²) >= 11 is 6.25. The van der Waals surface area contributed by atoms with Gasteiger partial charge < -0.3 is 13.9 Å². The van der Waals surface area contributed by atoms with Crippen LogP contribution in [0.2, 0.25) is 5.02 Å². The summed E-state index contributed by atoms with van der Waals surface area (Å²) in [6, 6.07) is 20.0. The van der Waals surface area contributed by atoms with Crippen LogP contribution in [0.1, 0.15) is 11.3 Å². The van der Waals surface area contributed by atoms with Crippen molar-refractivity contribution in [2.45, 2.75) is 6.42 Å². The van der Waals surface area contributed by atoms with Crippen LogP contribution in [0.5, 0.6) is 11.5 Å². The molecule has 4 aromatic rings. The molecule has 4 rings (SSSR count). The van der Waals surface area contributed by atoms with Crippen molar-refractivity contribution in [2.24, 2.45) is 0 Å². The second-order valence-electron chi connectivity index (χ2n) is 6.21. The van der Waals surface area contributed by atoms with Crippen molar-refractivity contribution in [3.8, 4) is 22.8 Å². The molecule has 2 heterocycles. The predicted octanol–water partition coefficient (Wildman–Crippen LogP) is 5.26. The van der Waals surface area contributed by atoms with Crippen molar-refractivity contribution in [3.63, 3.8) is 0 Å². The first kappa shape index (κ1) is 17.4. The molecule has 0 N–H and O–H groups in total. The standard InChI is InChI=1S/C22H19ClN2O2/c1-26-19-10-8-16(13-20(19)27-2)22-18(12-15-6-4-3-5-7-15)25-14-17(23)9-11-21(25)24-22/h3-11,13-14H,12H2,1-2H3. The second kappa shape index (κ2) is 7.33. The SMILES string of the molecule is COc1ccc(-c2nc3ccc(Cl)cn3c2Cc2ccccc2)cc1OC. The summed E-state index contributed by atoms with van der Waals surface area (Å²) in [7, 11) is 3.27. The number of pyridine rings is 1. The average Bonchev–Trinajstić information content (AvgIpc) is 3.06. The van der Waals surface area contributed by atoms with Gasteiger partial charge in [-0.05, 0) is 35.9 Å². The Kier molecular flexibility index (Phi) is 4.73. The number of aromatic nitrogens is 2. The van der Waals surface area contributed by atoms with E-state index in [2.05, 4.69) is 16.5 Å². The summed E-state index contributed by atoms with van der Waals surface area (Å²) in [4.78, 5) is 4.86. The molecule has 0 saturated carbocycles. The first-order valence-corrected chi connectivity index (χ1v) is 9.00. The van der Waals surface area contributed by atoms with E-state index in [1.165, 1.54) is 5.56 Å². The maximum absolute atomic E-state index is 6.25. The average molecular weight is 379 g/mol. The summed E-state index contributed by atoms with van der Waals surface area (Å²) in [5.41, 5.74) is 5.02. The second-order valence-corrected chi connectivity index (χ2v) is 6.65. The lowest BCUT2D eigenvalue weighted by molar-refractivity contribution is 0.355. The number of nitrogens with zero attached hydrogens (tertiary/aromatic N) is 2. The molecule has 0 saturated heterocycles. The molecule has 0 aliphatic heterocycles. The zero-order valence-corrected chi connectivity index (χ0v) is 15.9. The molecule has 2 aromatic heterocycles. The van der Waals surface area contributed by atoms with Gasteiger partial charge in [0.15, 0.2) is 11.5 Å². The quantitative estimate of drug-likeness (QED) is 0.475. The van der Waals surface area contributed by atoms with Crippen molar-refractivity contribution in [1.29, 1.82) is 0 Å². The van der Waals surface area contributed by atoms with Gasteiger partial charge in [0.2, 0.25) is 0 Å². The summed E-state index contributed by atoms with van der Waals surface area (Å²) in [5.74, 6) is 1.37. The number of benzene rings is 2. The molecule has 2 aromatic carbocycles. The molecule has 5 heteroatoms. The number of hydrogen-bond donors (Lipinski definition) is 0. The minimum atomic E-state index is 0.674. The Morgan fingerprint density at radius 1 is 0.926 bits per heavy atom. The summed E-state index contributed by atoms with van der Waals surface area (Å²) in [6.07, 6.45) is 2.65. The fraction of sp³-hybridized carbons (Fsp3) is 0.136. The van der Waals surface area contributed by atoms with Gasteiger partial charge in [-0.1, -0.05) is 41.9 Å². The molecule has 27 heavy (non-hydrogen) atoms. The molecule has 0 spiro atoms. The van der Waals surface area contributed by atoms with E-state index >= 15 is 0 Å². The number of ether oxygens (including phenoxy) is 2. The van der Waals surface area contributed by atoms with Gasteiger partial charge in [-0.25, -0.2) is 4.98 Å². The molecular weight excluding hydrogens is 360 g/mol. The zero-order chi connectivity index (χ0) is 18.8. The molecule has 0 aliphatic rings. The van der Waals surface area contributed by atoms with Crippen LogP contribution >= 0.6 is 11.6 Å². The molecule has 0 amide bonds. The molecule has 0 atom stereocenters. The van der Waals surface area contributed by atoms with Crippen molar-refractivity contribution >= 4 is 17.2 Å². The number of rotatable bonds is 5. The summed E-state index contributed by atoms with van der Waals surface area (Å²) in [6.45, 7) is 0. The molecule has 136 valence electrons. The van der Waals surface area contributed by atoms with Gasteiger partial charge in [0.05, 0.1) is 30.6 Å². The van der Waals surface area contributed by atoms with Crippen LogP contribution in [0.4, 0.5) is 0 Å². The van der Waals surface area contributed by atoms with Gasteiger partial charge in [-0.2, -0.15) is 0 Å². The lowest BCUT2D eigenvalue weighted by Gasteiger charge is -2.10. The minimum Gasteiger partial charge on any atom is -0.493 e. The largest absolute Gasteiger partial charge is 0.493 e. The molecule has 0 bridgehead atoms. The smallest absolute Gasteiger partial charge is 0.161 e. The molecule has 0 unspecified atom stereocenters. The third-order valence-corrected chi connectivity index (χ3v) is 4.78. The van der Waals surface area contributed by atoms with Crippen molar-refractivity contribution in [1.82, 2.24) is 9.38 Å². The fourth-order valence-electron chi connectivity index (χ4n) is 3.24. The molecule has 0 radical (unpaired) electrons. The number of fused-ring (bicyclic) bond motifs is 1. The third-order valence-electron chi connectivity index (χ3n) is 4.55. The maximum Gasteiger partial charge on any atom is 0.161 e. The predicted molar refractivity (Wildman–Crippen MR) is 108 cm³/mol. The number of methoxy groups -OCH3 is 2. The van der Waals surface area contributed by atoms with Gasteiger partial charge in [0.25, 0.3) is 0 Å². The van der Waals surface area contributed by atoms with E-state index in [1.807, 2.05) is 54.7 Å². The lowest BCUT2D eigenvalue weighted by atomic mass is 10.0. The van der Waals surface area contributed by atoms with Crippen LogP contribution in [0.3, 0.4) is 0 Å². The first-order chi connectivity index (χ1) is 13.2. The van der Waals surface area contributed by atoms with Crippen LogP contribution < -0.4 is 9.47 Å². The fourth-order valence-corrected chi connectivity index (χ4v) is 3.40. The Hall–Kier alpha value is -2.98. The van der Waals surface area contributed by atoms with E-state index in [0.29, 0.717) is 16.5 Å². The van der Waals surface area contributed by atoms with E-state index in [1.54, 1.807) is 14.2 Å². The highest BCUT2D eigenvalue weighted by Gasteiger charge is 2.17. The molecule has 4 nitrogen and oxygen atoms in total. The Morgan fingerprint density at radius 2 is 1.70 bits per heavy atom. The van der Waals surface area contributed by atoms with Crippen LogP contribution in [-0.4, -0.2) is 23.6 Å². The maximum atomic E-state index is 6.25. The normalized spacial score (nSPS) is 10.9. The highest BCUT2D eigenvalue weighted by atomic mass is 35.5. The summed E-state index contributed by atoms with van der Waals surface area (Å²) < 4.78 is 12.9. The van der Waals surface area contributed by atoms with Crippen LogP contribution in [0.25, 0.3) is 16.9 Å². The van der Waals surface area contributed by atoms with Gasteiger partial charge in [0, 0.05) is 18.2 Å². The Bertz CT molecular complexity index is 1090. The van der Waals surface area contributed by atoms with E-state index < -0.39 is 0 Å². The molecular formula is C22H19ClN2O2. The van der Waals surface area contributed by atoms with Crippen molar-refractivity contribution in [2.75, 3.05) is 14.2 Å². The minimum absolute atomic E-state index is 0.674. The zero-order valence-electron chi connectivity index (χ0n) is 15.1. The topological polar surface area (TPSA) is 35.8 Å². The van der Waals surface area contributed by atoms with Crippen molar-refractivity contribution in [3.05, 3.63) is 83.1 Å². The van der Waals surface area contributed by atoms with E-state index in [4.69, 9.17) is 26.1 Å². The number of halogens is 1. The third kappa shape index (κ3) is 3.36. The van der Waals surface area contributed by atoms with Crippen LogP contribution in [-0.2, 0) is 6.42 Å². The first-order valence-electron chi connectivity index (χ1n) is 8.62. The van der Waals surface area contributed by atoms with Gasteiger partial charge >= 0.3 is 0 Å². The van der Waals surface area contributed by atoms with Crippen LogP contribution in [0.15, 0.2) is 66.9 Å². The van der Waals surface area contributed by atoms with Crippen molar-refractivity contribution < 1.29 is 9.47 Å². The summed E-state index contributed by atoms with van der Waals surface area (Å²) in [5, 5.41) is 0.674. The highest BCUT2D eigenvalue weighted by molar-refractivity contribution is 6.30. The van der Waals surface area contributed by atoms with E-state index in [-0.39, 0.29) is 0 Å². The monoisotopic (exact) mass is 378 g/mol. The van der Waals surface area contributed by atoms with Crippen LogP contribution in [0, 0.1) is 0 Å². The Labute approximate surface area is 163 Å². The van der Waals surface area contributed by atoms with E-state index in [0.717, 1.165) is 29.0 Å². The van der Waals surface area contributed by atoms with Gasteiger partial charge in [-0.3, -0.25) is 0 Å².